The first-order valence-electron chi connectivity index (χ1n) is 7.38. The Kier molecular flexibility index (Phi) is 3.56. The van der Waals surface area contributed by atoms with E-state index in [1.807, 2.05) is 24.0 Å². The van der Waals surface area contributed by atoms with Gasteiger partial charge in [-0.15, -0.1) is 0 Å². The third-order valence-electron chi connectivity index (χ3n) is 4.32. The highest BCUT2D eigenvalue weighted by molar-refractivity contribution is 6.31. The fourth-order valence-electron chi connectivity index (χ4n) is 3.29. The van der Waals surface area contributed by atoms with Crippen molar-refractivity contribution in [2.75, 3.05) is 24.5 Å². The number of anilines is 1. The molecule has 5 nitrogen and oxygen atoms in total. The molecule has 1 fully saturated rings. The number of aromatic nitrogens is 1. The van der Waals surface area contributed by atoms with Gasteiger partial charge in [0.1, 0.15) is 0 Å². The number of hydrogen-bond donors (Lipinski definition) is 0. The summed E-state index contributed by atoms with van der Waals surface area (Å²) in [5.74, 6) is 0.108. The van der Waals surface area contributed by atoms with Gasteiger partial charge in [0, 0.05) is 37.0 Å². The molecular weight excluding hydrogens is 302 g/mol. The first-order chi connectivity index (χ1) is 10.3. The first kappa shape index (κ1) is 15.2. The SMILES string of the molecule is CC(=O)N1CCN(c2cc(Cl)cc3c(C)noc23)CC1(C)C. The summed E-state index contributed by atoms with van der Waals surface area (Å²) in [4.78, 5) is 15.9. The summed E-state index contributed by atoms with van der Waals surface area (Å²) < 4.78 is 5.50. The third-order valence-corrected chi connectivity index (χ3v) is 4.54. The summed E-state index contributed by atoms with van der Waals surface area (Å²) >= 11 is 6.26. The highest BCUT2D eigenvalue weighted by Crippen LogP contribution is 2.35. The summed E-state index contributed by atoms with van der Waals surface area (Å²) in [6.45, 7) is 9.84. The Bertz CT molecular complexity index is 738. The lowest BCUT2D eigenvalue weighted by molar-refractivity contribution is -0.134. The van der Waals surface area contributed by atoms with E-state index >= 15 is 0 Å². The molecule has 3 rings (SSSR count). The van der Waals surface area contributed by atoms with Crippen molar-refractivity contribution in [2.24, 2.45) is 0 Å². The number of halogens is 1. The molecule has 0 bridgehead atoms. The Balaban J connectivity index is 2.01. The van der Waals surface area contributed by atoms with Crippen LogP contribution in [0.1, 0.15) is 26.5 Å². The van der Waals surface area contributed by atoms with Gasteiger partial charge >= 0.3 is 0 Å². The first-order valence-corrected chi connectivity index (χ1v) is 7.76. The van der Waals surface area contributed by atoms with Crippen molar-refractivity contribution in [3.8, 4) is 0 Å². The lowest BCUT2D eigenvalue weighted by atomic mass is 9.98. The molecule has 2 heterocycles. The van der Waals surface area contributed by atoms with Gasteiger partial charge in [0.15, 0.2) is 5.58 Å². The number of hydrogen-bond acceptors (Lipinski definition) is 4. The van der Waals surface area contributed by atoms with E-state index in [1.165, 1.54) is 0 Å². The predicted molar refractivity (Wildman–Crippen MR) is 87.4 cm³/mol. The van der Waals surface area contributed by atoms with Crippen molar-refractivity contribution in [1.82, 2.24) is 10.1 Å². The van der Waals surface area contributed by atoms with Crippen molar-refractivity contribution in [1.29, 1.82) is 0 Å². The zero-order valence-corrected chi connectivity index (χ0v) is 14.1. The number of benzene rings is 1. The van der Waals surface area contributed by atoms with Gasteiger partial charge in [-0.2, -0.15) is 0 Å². The fraction of sp³-hybridized carbons (Fsp3) is 0.500. The van der Waals surface area contributed by atoms with Gasteiger partial charge in [0.05, 0.1) is 16.9 Å². The Morgan fingerprint density at radius 2 is 2.09 bits per heavy atom. The second kappa shape index (κ2) is 5.16. The molecule has 22 heavy (non-hydrogen) atoms. The molecule has 1 aliphatic heterocycles. The molecule has 0 saturated carbocycles. The van der Waals surface area contributed by atoms with E-state index in [9.17, 15) is 4.79 Å². The van der Waals surface area contributed by atoms with Crippen LogP contribution in [0.3, 0.4) is 0 Å². The monoisotopic (exact) mass is 321 g/mol. The molecule has 0 aliphatic carbocycles. The second-order valence-corrected chi connectivity index (χ2v) is 6.91. The van der Waals surface area contributed by atoms with Crippen molar-refractivity contribution in [3.63, 3.8) is 0 Å². The van der Waals surface area contributed by atoms with Gasteiger partial charge in [-0.25, -0.2) is 0 Å². The second-order valence-electron chi connectivity index (χ2n) is 6.47. The van der Waals surface area contributed by atoms with E-state index < -0.39 is 0 Å². The van der Waals surface area contributed by atoms with Crippen molar-refractivity contribution in [2.45, 2.75) is 33.2 Å². The molecule has 0 unspecified atom stereocenters. The van der Waals surface area contributed by atoms with Crippen LogP contribution in [0.5, 0.6) is 0 Å². The molecule has 6 heteroatoms. The zero-order valence-electron chi connectivity index (χ0n) is 13.3. The van der Waals surface area contributed by atoms with Crippen LogP contribution in [-0.4, -0.2) is 41.1 Å². The van der Waals surface area contributed by atoms with Gasteiger partial charge in [-0.05, 0) is 32.9 Å². The van der Waals surface area contributed by atoms with E-state index in [2.05, 4.69) is 23.9 Å². The standard InChI is InChI=1S/C16H20ClN3O2/c1-10-13-7-12(17)8-14(15(13)22-18-10)19-5-6-20(11(2)21)16(3,4)9-19/h7-8H,5-6,9H2,1-4H3. The molecule has 1 amide bonds. The lowest BCUT2D eigenvalue weighted by Gasteiger charge is -2.47. The molecule has 2 aromatic rings. The number of piperazine rings is 1. The van der Waals surface area contributed by atoms with Crippen LogP contribution in [0.2, 0.25) is 5.02 Å². The predicted octanol–water partition coefficient (Wildman–Crippen LogP) is 3.24. The molecular formula is C16H20ClN3O2. The zero-order chi connectivity index (χ0) is 16.1. The van der Waals surface area contributed by atoms with Gasteiger partial charge < -0.3 is 14.3 Å². The fourth-order valence-corrected chi connectivity index (χ4v) is 3.50. The largest absolute Gasteiger partial charge is 0.364 e. The lowest BCUT2D eigenvalue weighted by Crippen LogP contribution is -2.60. The van der Waals surface area contributed by atoms with E-state index in [1.54, 1.807) is 6.92 Å². The van der Waals surface area contributed by atoms with E-state index in [0.717, 1.165) is 35.4 Å². The average molecular weight is 322 g/mol. The summed E-state index contributed by atoms with van der Waals surface area (Å²) in [5, 5.41) is 5.65. The summed E-state index contributed by atoms with van der Waals surface area (Å²) in [5.41, 5.74) is 2.29. The minimum Gasteiger partial charge on any atom is -0.364 e. The van der Waals surface area contributed by atoms with Gasteiger partial charge in [-0.3, -0.25) is 4.79 Å². The number of carbonyl (C=O) groups excluding carboxylic acids is 1. The van der Waals surface area contributed by atoms with E-state index in [0.29, 0.717) is 11.6 Å². The van der Waals surface area contributed by atoms with Crippen LogP contribution < -0.4 is 4.90 Å². The van der Waals surface area contributed by atoms with Crippen LogP contribution in [0, 0.1) is 6.92 Å². The maximum Gasteiger partial charge on any atom is 0.220 e. The number of carbonyl (C=O) groups is 1. The number of aryl methyl sites for hydroxylation is 1. The van der Waals surface area contributed by atoms with Crippen LogP contribution in [0.25, 0.3) is 11.0 Å². The minimum atomic E-state index is -0.242. The maximum absolute atomic E-state index is 11.8. The highest BCUT2D eigenvalue weighted by atomic mass is 35.5. The quantitative estimate of drug-likeness (QED) is 0.809. The summed E-state index contributed by atoms with van der Waals surface area (Å²) in [6, 6.07) is 3.79. The Morgan fingerprint density at radius 1 is 1.36 bits per heavy atom. The topological polar surface area (TPSA) is 49.6 Å². The van der Waals surface area contributed by atoms with Crippen LogP contribution in [-0.2, 0) is 4.79 Å². The van der Waals surface area contributed by atoms with Crippen LogP contribution in [0.4, 0.5) is 5.69 Å². The highest BCUT2D eigenvalue weighted by Gasteiger charge is 2.36. The molecule has 1 aromatic heterocycles. The molecule has 0 radical (unpaired) electrons. The van der Waals surface area contributed by atoms with E-state index in [4.69, 9.17) is 16.1 Å². The summed E-state index contributed by atoms with van der Waals surface area (Å²) in [6.07, 6.45) is 0. The van der Waals surface area contributed by atoms with Gasteiger partial charge in [-0.1, -0.05) is 16.8 Å². The number of nitrogens with zero attached hydrogens (tertiary/aromatic N) is 3. The molecule has 1 saturated heterocycles. The summed E-state index contributed by atoms with van der Waals surface area (Å²) in [7, 11) is 0. The molecule has 0 spiro atoms. The molecule has 1 aromatic carbocycles. The smallest absolute Gasteiger partial charge is 0.220 e. The minimum absolute atomic E-state index is 0.108. The average Bonchev–Trinajstić information content (AvgIpc) is 2.78. The Hall–Kier alpha value is -1.75. The van der Waals surface area contributed by atoms with E-state index in [-0.39, 0.29) is 11.4 Å². The normalized spacial score (nSPS) is 18.0. The maximum atomic E-state index is 11.8. The van der Waals surface area contributed by atoms with Crippen molar-refractivity contribution < 1.29 is 9.32 Å². The Labute approximate surface area is 134 Å². The van der Waals surface area contributed by atoms with Crippen molar-refractivity contribution in [3.05, 3.63) is 22.8 Å². The number of amides is 1. The van der Waals surface area contributed by atoms with Crippen LogP contribution >= 0.6 is 11.6 Å². The molecule has 1 aliphatic rings. The molecule has 0 atom stereocenters. The molecule has 118 valence electrons. The number of fused-ring (bicyclic) bond motifs is 1. The van der Waals surface area contributed by atoms with Crippen molar-refractivity contribution >= 4 is 34.2 Å². The molecule has 0 N–H and O–H groups in total. The van der Waals surface area contributed by atoms with Gasteiger partial charge in [0.25, 0.3) is 0 Å². The number of rotatable bonds is 1. The Morgan fingerprint density at radius 3 is 2.73 bits per heavy atom. The van der Waals surface area contributed by atoms with Crippen LogP contribution in [0.15, 0.2) is 16.7 Å². The third kappa shape index (κ3) is 2.43. The van der Waals surface area contributed by atoms with Gasteiger partial charge in [0.2, 0.25) is 5.91 Å².